The lowest BCUT2D eigenvalue weighted by molar-refractivity contribution is 0.627. The Morgan fingerprint density at radius 1 is 1.09 bits per heavy atom. The summed E-state index contributed by atoms with van der Waals surface area (Å²) in [5.74, 6) is 0.645. The van der Waals surface area contributed by atoms with Crippen LogP contribution in [0.5, 0.6) is 0 Å². The van der Waals surface area contributed by atoms with Crippen molar-refractivity contribution in [2.45, 2.75) is 6.42 Å². The Hall–Kier alpha value is -2.04. The van der Waals surface area contributed by atoms with Crippen molar-refractivity contribution in [2.75, 3.05) is 11.9 Å². The first-order valence-corrected chi connectivity index (χ1v) is 7.96. The molecule has 0 unspecified atom stereocenters. The summed E-state index contributed by atoms with van der Waals surface area (Å²) >= 11 is 12.4. The van der Waals surface area contributed by atoms with Gasteiger partial charge in [-0.3, -0.25) is 0 Å². The molecule has 1 N–H and O–H groups in total. The van der Waals surface area contributed by atoms with Crippen LogP contribution < -0.4 is 5.32 Å². The fourth-order valence-corrected chi connectivity index (χ4v) is 3.22. The van der Waals surface area contributed by atoms with Gasteiger partial charge in [-0.1, -0.05) is 23.2 Å². The van der Waals surface area contributed by atoms with E-state index in [1.165, 1.54) is 12.1 Å². The van der Waals surface area contributed by atoms with Gasteiger partial charge in [-0.15, -0.1) is 0 Å². The summed E-state index contributed by atoms with van der Waals surface area (Å²) in [5.41, 5.74) is 3.50. The van der Waals surface area contributed by atoms with Crippen LogP contribution in [0.4, 0.5) is 10.2 Å². The average molecular weight is 348 g/mol. The molecule has 3 aromatic rings. The summed E-state index contributed by atoms with van der Waals surface area (Å²) < 4.78 is 15.0. The quantitative estimate of drug-likeness (QED) is 0.710. The lowest BCUT2D eigenvalue weighted by Gasteiger charge is -2.06. The SMILES string of the molecule is Fc1ccc(-n2nc(-c3cc(Cl)ccc3Cl)c3c2NCC3)cc1. The van der Waals surface area contributed by atoms with E-state index in [-0.39, 0.29) is 5.82 Å². The average Bonchev–Trinajstić information content (AvgIpc) is 3.13. The molecule has 0 spiro atoms. The summed E-state index contributed by atoms with van der Waals surface area (Å²) in [5, 5.41) is 9.25. The van der Waals surface area contributed by atoms with E-state index >= 15 is 0 Å². The van der Waals surface area contributed by atoms with Gasteiger partial charge in [-0.05, 0) is 48.9 Å². The first-order valence-electron chi connectivity index (χ1n) is 7.20. The fraction of sp³-hybridized carbons (Fsp3) is 0.118. The third kappa shape index (κ3) is 2.48. The van der Waals surface area contributed by atoms with Gasteiger partial charge in [-0.25, -0.2) is 9.07 Å². The van der Waals surface area contributed by atoms with Crippen LogP contribution in [-0.2, 0) is 6.42 Å². The summed E-state index contributed by atoms with van der Waals surface area (Å²) in [6.45, 7) is 0.833. The number of nitrogens with zero attached hydrogens (tertiary/aromatic N) is 2. The number of aromatic nitrogens is 2. The van der Waals surface area contributed by atoms with Gasteiger partial charge in [0.1, 0.15) is 11.6 Å². The Labute approximate surface area is 142 Å². The number of benzene rings is 2. The molecule has 0 amide bonds. The Morgan fingerprint density at radius 2 is 1.87 bits per heavy atom. The molecule has 0 atom stereocenters. The molecule has 23 heavy (non-hydrogen) atoms. The van der Waals surface area contributed by atoms with Crippen LogP contribution >= 0.6 is 23.2 Å². The number of fused-ring (bicyclic) bond motifs is 1. The van der Waals surface area contributed by atoms with Crippen molar-refractivity contribution >= 4 is 29.0 Å². The third-order valence-corrected chi connectivity index (χ3v) is 4.47. The molecule has 4 rings (SSSR count). The number of rotatable bonds is 2. The highest BCUT2D eigenvalue weighted by atomic mass is 35.5. The molecule has 0 saturated carbocycles. The van der Waals surface area contributed by atoms with Crippen molar-refractivity contribution in [2.24, 2.45) is 0 Å². The minimum Gasteiger partial charge on any atom is -0.369 e. The standard InChI is InChI=1S/C17H12Cl2FN3/c18-10-1-6-15(19)14(9-10)16-13-7-8-21-17(13)23(22-16)12-4-2-11(20)3-5-12/h1-6,9,21H,7-8H2. The van der Waals surface area contributed by atoms with Crippen LogP contribution in [0.3, 0.4) is 0 Å². The van der Waals surface area contributed by atoms with E-state index in [0.717, 1.165) is 41.3 Å². The summed E-state index contributed by atoms with van der Waals surface area (Å²) in [6.07, 6.45) is 0.856. The maximum absolute atomic E-state index is 13.2. The van der Waals surface area contributed by atoms with Gasteiger partial charge >= 0.3 is 0 Å². The second-order valence-corrected chi connectivity index (χ2v) is 6.21. The second-order valence-electron chi connectivity index (χ2n) is 5.36. The van der Waals surface area contributed by atoms with E-state index in [0.29, 0.717) is 10.0 Å². The van der Waals surface area contributed by atoms with Crippen LogP contribution in [-0.4, -0.2) is 16.3 Å². The van der Waals surface area contributed by atoms with Gasteiger partial charge in [0.15, 0.2) is 0 Å². The summed E-state index contributed by atoms with van der Waals surface area (Å²) in [6, 6.07) is 11.6. The van der Waals surface area contributed by atoms with E-state index in [2.05, 4.69) is 5.32 Å². The molecular formula is C17H12Cl2FN3. The Balaban J connectivity index is 1.91. The molecule has 1 aliphatic rings. The number of halogens is 3. The molecule has 6 heteroatoms. The lowest BCUT2D eigenvalue weighted by Crippen LogP contribution is -2.04. The van der Waals surface area contributed by atoms with Crippen molar-refractivity contribution in [3.63, 3.8) is 0 Å². The lowest BCUT2D eigenvalue weighted by atomic mass is 10.1. The predicted octanol–water partition coefficient (Wildman–Crippen LogP) is 4.95. The maximum Gasteiger partial charge on any atom is 0.133 e. The van der Waals surface area contributed by atoms with Gasteiger partial charge in [0.25, 0.3) is 0 Å². The topological polar surface area (TPSA) is 29.9 Å². The fourth-order valence-electron chi connectivity index (χ4n) is 2.84. The molecule has 2 aromatic carbocycles. The molecule has 0 saturated heterocycles. The number of nitrogens with one attached hydrogen (secondary N) is 1. The van der Waals surface area contributed by atoms with Crippen molar-refractivity contribution < 1.29 is 4.39 Å². The van der Waals surface area contributed by atoms with Crippen LogP contribution in [0.15, 0.2) is 42.5 Å². The first kappa shape index (κ1) is 14.5. The van der Waals surface area contributed by atoms with Gasteiger partial charge in [-0.2, -0.15) is 5.10 Å². The first-order chi connectivity index (χ1) is 11.1. The summed E-state index contributed by atoms with van der Waals surface area (Å²) in [7, 11) is 0. The van der Waals surface area contributed by atoms with Crippen LogP contribution in [0.2, 0.25) is 10.0 Å². The van der Waals surface area contributed by atoms with Gasteiger partial charge in [0, 0.05) is 22.7 Å². The number of anilines is 1. The maximum atomic E-state index is 13.2. The zero-order valence-corrected chi connectivity index (χ0v) is 13.5. The van der Waals surface area contributed by atoms with Crippen molar-refractivity contribution in [1.82, 2.24) is 9.78 Å². The number of hydrogen-bond donors (Lipinski definition) is 1. The molecule has 1 aromatic heterocycles. The van der Waals surface area contributed by atoms with E-state index in [9.17, 15) is 4.39 Å². The molecule has 0 aliphatic carbocycles. The smallest absolute Gasteiger partial charge is 0.133 e. The van der Waals surface area contributed by atoms with Crippen molar-refractivity contribution in [3.8, 4) is 16.9 Å². The van der Waals surface area contributed by atoms with Crippen molar-refractivity contribution in [1.29, 1.82) is 0 Å². The van der Waals surface area contributed by atoms with Gasteiger partial charge in [0.05, 0.1) is 16.4 Å². The predicted molar refractivity (Wildman–Crippen MR) is 91.2 cm³/mol. The van der Waals surface area contributed by atoms with Gasteiger partial charge in [0.2, 0.25) is 0 Å². The van der Waals surface area contributed by atoms with Crippen LogP contribution in [0.1, 0.15) is 5.56 Å². The largest absolute Gasteiger partial charge is 0.369 e. The zero-order chi connectivity index (χ0) is 16.0. The molecule has 3 nitrogen and oxygen atoms in total. The Morgan fingerprint density at radius 3 is 2.65 bits per heavy atom. The molecular weight excluding hydrogens is 336 g/mol. The summed E-state index contributed by atoms with van der Waals surface area (Å²) in [4.78, 5) is 0. The highest BCUT2D eigenvalue weighted by Crippen LogP contribution is 2.38. The number of hydrogen-bond acceptors (Lipinski definition) is 2. The molecule has 2 heterocycles. The van der Waals surface area contributed by atoms with Gasteiger partial charge < -0.3 is 5.32 Å². The van der Waals surface area contributed by atoms with E-state index in [1.807, 2.05) is 6.07 Å². The molecule has 1 aliphatic heterocycles. The molecule has 0 radical (unpaired) electrons. The highest BCUT2D eigenvalue weighted by molar-refractivity contribution is 6.35. The molecule has 116 valence electrons. The molecule has 0 bridgehead atoms. The normalized spacial score (nSPS) is 13.0. The van der Waals surface area contributed by atoms with E-state index in [1.54, 1.807) is 28.9 Å². The minimum atomic E-state index is -0.274. The van der Waals surface area contributed by atoms with E-state index in [4.69, 9.17) is 28.3 Å². The Bertz CT molecular complexity index is 888. The Kier molecular flexibility index (Phi) is 3.51. The second kappa shape index (κ2) is 5.55. The molecule has 0 fully saturated rings. The van der Waals surface area contributed by atoms with Crippen LogP contribution in [0, 0.1) is 5.82 Å². The van der Waals surface area contributed by atoms with E-state index < -0.39 is 0 Å². The third-order valence-electron chi connectivity index (χ3n) is 3.91. The zero-order valence-electron chi connectivity index (χ0n) is 12.0. The van der Waals surface area contributed by atoms with Crippen LogP contribution in [0.25, 0.3) is 16.9 Å². The minimum absolute atomic E-state index is 0.274. The van der Waals surface area contributed by atoms with Crippen molar-refractivity contribution in [3.05, 3.63) is 63.9 Å². The highest BCUT2D eigenvalue weighted by Gasteiger charge is 2.25. The monoisotopic (exact) mass is 347 g/mol.